The van der Waals surface area contributed by atoms with Crippen LogP contribution in [0.5, 0.6) is 0 Å². The van der Waals surface area contributed by atoms with Crippen LogP contribution >= 0.6 is 24.0 Å². The summed E-state index contributed by atoms with van der Waals surface area (Å²) in [6, 6.07) is 8.67. The molecule has 1 aliphatic heterocycles. The predicted molar refractivity (Wildman–Crippen MR) is 124 cm³/mol. The first-order valence-corrected chi connectivity index (χ1v) is 11.1. The van der Waals surface area contributed by atoms with Gasteiger partial charge in [-0.2, -0.15) is 5.10 Å². The van der Waals surface area contributed by atoms with Crippen molar-refractivity contribution in [3.8, 4) is 0 Å². The monoisotopic (exact) mass is 446 g/mol. The molecule has 5 rings (SSSR count). The topological polar surface area (TPSA) is 50.1 Å². The highest BCUT2D eigenvalue weighted by Crippen LogP contribution is 2.27. The summed E-state index contributed by atoms with van der Waals surface area (Å²) in [5.41, 5.74) is 1.91. The Labute approximate surface area is 188 Å². The molecule has 0 atom stereocenters. The zero-order chi connectivity index (χ0) is 19.6. The molecule has 0 amide bonds. The smallest absolute Gasteiger partial charge is 0.163 e. The molecule has 1 saturated carbocycles. The predicted octanol–water partition coefficient (Wildman–Crippen LogP) is 4.40. The summed E-state index contributed by atoms with van der Waals surface area (Å²) in [5, 5.41) is 6.37. The van der Waals surface area contributed by atoms with E-state index in [1.165, 1.54) is 32.1 Å². The molecule has 3 heterocycles. The van der Waals surface area contributed by atoms with Gasteiger partial charge in [-0.05, 0) is 24.5 Å². The Morgan fingerprint density at radius 2 is 1.73 bits per heavy atom. The van der Waals surface area contributed by atoms with Crippen molar-refractivity contribution in [1.29, 1.82) is 0 Å². The first-order valence-electron chi connectivity index (χ1n) is 10.7. The summed E-state index contributed by atoms with van der Waals surface area (Å²) in [6.45, 7) is 4.86. The van der Waals surface area contributed by atoms with Gasteiger partial charge in [-0.3, -0.25) is 4.90 Å². The molecule has 0 bridgehead atoms. The molecule has 0 unspecified atom stereocenters. The zero-order valence-electron chi connectivity index (χ0n) is 17.1. The van der Waals surface area contributed by atoms with Gasteiger partial charge >= 0.3 is 0 Å². The molecule has 1 saturated heterocycles. The number of aromatic nitrogens is 4. The quantitative estimate of drug-likeness (QED) is 0.593. The molecule has 1 aliphatic carbocycles. The van der Waals surface area contributed by atoms with Crippen molar-refractivity contribution in [2.24, 2.45) is 0 Å². The molecule has 2 aliphatic rings. The fourth-order valence-corrected chi connectivity index (χ4v) is 4.98. The zero-order valence-corrected chi connectivity index (χ0v) is 18.7. The lowest BCUT2D eigenvalue weighted by Gasteiger charge is -2.41. The van der Waals surface area contributed by atoms with E-state index >= 15 is 0 Å². The highest BCUT2D eigenvalue weighted by molar-refractivity contribution is 6.31. The van der Waals surface area contributed by atoms with Gasteiger partial charge in [0.05, 0.1) is 18.1 Å². The van der Waals surface area contributed by atoms with E-state index in [4.69, 9.17) is 11.6 Å². The molecule has 0 spiro atoms. The van der Waals surface area contributed by atoms with Gasteiger partial charge in [0.2, 0.25) is 0 Å². The van der Waals surface area contributed by atoms with E-state index in [1.54, 1.807) is 6.33 Å². The first kappa shape index (κ1) is 21.3. The van der Waals surface area contributed by atoms with Crippen LogP contribution in [0.3, 0.4) is 0 Å². The van der Waals surface area contributed by atoms with E-state index in [9.17, 15) is 0 Å². The molecule has 6 nitrogen and oxygen atoms in total. The fraction of sp³-hybridized carbons (Fsp3) is 0.500. The van der Waals surface area contributed by atoms with Crippen LogP contribution in [-0.4, -0.2) is 56.9 Å². The van der Waals surface area contributed by atoms with Crippen LogP contribution in [0, 0.1) is 0 Å². The summed E-state index contributed by atoms with van der Waals surface area (Å²) >= 11 is 6.34. The van der Waals surface area contributed by atoms with E-state index < -0.39 is 0 Å². The minimum absolute atomic E-state index is 0. The second kappa shape index (κ2) is 9.50. The molecule has 2 fully saturated rings. The van der Waals surface area contributed by atoms with E-state index in [0.717, 1.165) is 59.7 Å². The molecular weight excluding hydrogens is 419 g/mol. The molecule has 2 aromatic heterocycles. The third-order valence-electron chi connectivity index (χ3n) is 6.40. The normalized spacial score (nSPS) is 18.5. The van der Waals surface area contributed by atoms with Gasteiger partial charge in [-0.1, -0.05) is 49.1 Å². The molecule has 0 N–H and O–H groups in total. The Kier molecular flexibility index (Phi) is 6.76. The number of benzene rings is 1. The summed E-state index contributed by atoms with van der Waals surface area (Å²) < 4.78 is 1.92. The van der Waals surface area contributed by atoms with Gasteiger partial charge in [0.15, 0.2) is 5.65 Å². The minimum Gasteiger partial charge on any atom is -0.353 e. The van der Waals surface area contributed by atoms with Crippen LogP contribution in [-0.2, 0) is 6.54 Å². The third kappa shape index (κ3) is 4.27. The van der Waals surface area contributed by atoms with Crippen molar-refractivity contribution >= 4 is 40.9 Å². The van der Waals surface area contributed by atoms with E-state index in [2.05, 4.69) is 24.9 Å². The first-order chi connectivity index (χ1) is 14.3. The average molecular weight is 447 g/mol. The largest absolute Gasteiger partial charge is 0.353 e. The SMILES string of the molecule is Cl.Clc1ccccc1Cn1ncc2c(N3CCN(C4CCCCC4)CC3)ncnc21. The van der Waals surface area contributed by atoms with Crippen LogP contribution in [0.25, 0.3) is 11.0 Å². The number of nitrogens with zero attached hydrogens (tertiary/aromatic N) is 6. The van der Waals surface area contributed by atoms with Gasteiger partial charge in [0, 0.05) is 37.2 Å². The third-order valence-corrected chi connectivity index (χ3v) is 6.76. The lowest BCUT2D eigenvalue weighted by molar-refractivity contribution is 0.148. The van der Waals surface area contributed by atoms with Crippen LogP contribution in [0.1, 0.15) is 37.7 Å². The van der Waals surface area contributed by atoms with Crippen molar-refractivity contribution < 1.29 is 0 Å². The maximum Gasteiger partial charge on any atom is 0.163 e. The molecule has 160 valence electrons. The molecule has 8 heteroatoms. The molecular formula is C22H28Cl2N6. The Morgan fingerprint density at radius 1 is 0.967 bits per heavy atom. The van der Waals surface area contributed by atoms with Crippen LogP contribution in [0.15, 0.2) is 36.8 Å². The van der Waals surface area contributed by atoms with Gasteiger partial charge < -0.3 is 4.90 Å². The van der Waals surface area contributed by atoms with Crippen molar-refractivity contribution in [2.45, 2.75) is 44.7 Å². The fourth-order valence-electron chi connectivity index (χ4n) is 4.78. The number of piperazine rings is 1. The number of anilines is 1. The molecule has 1 aromatic carbocycles. The Bertz CT molecular complexity index is 977. The van der Waals surface area contributed by atoms with Gasteiger partial charge in [-0.15, -0.1) is 12.4 Å². The Morgan fingerprint density at radius 3 is 2.50 bits per heavy atom. The maximum atomic E-state index is 6.34. The number of halogens is 2. The number of fused-ring (bicyclic) bond motifs is 1. The average Bonchev–Trinajstić information content (AvgIpc) is 3.19. The Balaban J connectivity index is 0.00000218. The summed E-state index contributed by atoms with van der Waals surface area (Å²) in [6.07, 6.45) is 10.5. The van der Waals surface area contributed by atoms with Crippen LogP contribution < -0.4 is 4.90 Å². The van der Waals surface area contributed by atoms with Gasteiger partial charge in [0.1, 0.15) is 12.1 Å². The highest BCUT2D eigenvalue weighted by atomic mass is 35.5. The maximum absolute atomic E-state index is 6.34. The van der Waals surface area contributed by atoms with Crippen LogP contribution in [0.2, 0.25) is 5.02 Å². The summed E-state index contributed by atoms with van der Waals surface area (Å²) in [7, 11) is 0. The second-order valence-electron chi connectivity index (χ2n) is 8.14. The number of hydrogen-bond donors (Lipinski definition) is 0. The van der Waals surface area contributed by atoms with E-state index in [-0.39, 0.29) is 12.4 Å². The van der Waals surface area contributed by atoms with Gasteiger partial charge in [-0.25, -0.2) is 14.6 Å². The highest BCUT2D eigenvalue weighted by Gasteiger charge is 2.26. The van der Waals surface area contributed by atoms with Crippen molar-refractivity contribution in [3.63, 3.8) is 0 Å². The van der Waals surface area contributed by atoms with Crippen molar-refractivity contribution in [2.75, 3.05) is 31.1 Å². The lowest BCUT2D eigenvalue weighted by atomic mass is 9.94. The standard InChI is InChI=1S/C22H27ClN6.ClH/c23-20-9-5-4-6-17(20)15-29-22-19(14-26-29)21(24-16-25-22)28-12-10-27(11-13-28)18-7-2-1-3-8-18;/h4-6,9,14,16,18H,1-3,7-8,10-13,15H2;1H. The van der Waals surface area contributed by atoms with E-state index in [1.807, 2.05) is 35.1 Å². The minimum atomic E-state index is 0. The van der Waals surface area contributed by atoms with E-state index in [0.29, 0.717) is 6.54 Å². The van der Waals surface area contributed by atoms with Gasteiger partial charge in [0.25, 0.3) is 0 Å². The second-order valence-corrected chi connectivity index (χ2v) is 8.55. The lowest BCUT2D eigenvalue weighted by Crippen LogP contribution is -2.51. The summed E-state index contributed by atoms with van der Waals surface area (Å²) in [5.74, 6) is 1.00. The molecule has 3 aromatic rings. The number of hydrogen-bond acceptors (Lipinski definition) is 5. The molecule has 0 radical (unpaired) electrons. The van der Waals surface area contributed by atoms with Crippen LogP contribution in [0.4, 0.5) is 5.82 Å². The summed E-state index contributed by atoms with van der Waals surface area (Å²) in [4.78, 5) is 14.2. The van der Waals surface area contributed by atoms with Crippen molar-refractivity contribution in [3.05, 3.63) is 47.4 Å². The van der Waals surface area contributed by atoms with Crippen molar-refractivity contribution in [1.82, 2.24) is 24.6 Å². The molecule has 30 heavy (non-hydrogen) atoms. The Hall–Kier alpha value is -1.89. The number of rotatable bonds is 4.